The minimum atomic E-state index is 0.324. The Morgan fingerprint density at radius 2 is 1.67 bits per heavy atom. The second kappa shape index (κ2) is 6.63. The highest BCUT2D eigenvalue weighted by molar-refractivity contribution is 7.98. The van der Waals surface area contributed by atoms with Gasteiger partial charge in [0.25, 0.3) is 0 Å². The van der Waals surface area contributed by atoms with E-state index < -0.39 is 0 Å². The highest BCUT2D eigenvalue weighted by Crippen LogP contribution is 2.24. The second-order valence-corrected chi connectivity index (χ2v) is 7.25. The third-order valence-electron chi connectivity index (χ3n) is 3.23. The zero-order valence-corrected chi connectivity index (χ0v) is 13.4. The van der Waals surface area contributed by atoms with E-state index in [1.807, 2.05) is 11.8 Å². The maximum Gasteiger partial charge on any atom is 0.0203 e. The molecule has 0 radical (unpaired) electrons. The summed E-state index contributed by atoms with van der Waals surface area (Å²) in [7, 11) is 2.06. The summed E-state index contributed by atoms with van der Waals surface area (Å²) in [4.78, 5) is 0. The van der Waals surface area contributed by atoms with E-state index in [4.69, 9.17) is 0 Å². The lowest BCUT2D eigenvalue weighted by Gasteiger charge is -2.30. The lowest BCUT2D eigenvalue weighted by atomic mass is 9.88. The summed E-state index contributed by atoms with van der Waals surface area (Å²) in [6, 6.07) is 7.39. The Kier molecular flexibility index (Phi) is 5.74. The number of thioether (sulfide) groups is 1. The van der Waals surface area contributed by atoms with Crippen LogP contribution in [-0.4, -0.2) is 18.8 Å². The van der Waals surface area contributed by atoms with Gasteiger partial charge >= 0.3 is 0 Å². The van der Waals surface area contributed by atoms with Crippen LogP contribution in [0.4, 0.5) is 0 Å². The zero-order chi connectivity index (χ0) is 13.8. The van der Waals surface area contributed by atoms with E-state index in [0.29, 0.717) is 11.5 Å². The van der Waals surface area contributed by atoms with Crippen molar-refractivity contribution < 1.29 is 0 Å². The molecule has 0 bridgehead atoms. The van der Waals surface area contributed by atoms with Crippen LogP contribution >= 0.6 is 11.8 Å². The average molecular weight is 265 g/mol. The Morgan fingerprint density at radius 3 is 2.11 bits per heavy atom. The number of hydrogen-bond donors (Lipinski definition) is 1. The lowest BCUT2D eigenvalue weighted by molar-refractivity contribution is 0.305. The lowest BCUT2D eigenvalue weighted by Crippen LogP contribution is -2.40. The second-order valence-electron chi connectivity index (χ2n) is 6.22. The number of benzene rings is 1. The van der Waals surface area contributed by atoms with Crippen LogP contribution in [-0.2, 0) is 5.75 Å². The van der Waals surface area contributed by atoms with Gasteiger partial charge < -0.3 is 5.32 Å². The summed E-state index contributed by atoms with van der Waals surface area (Å²) < 4.78 is 0. The third-order valence-corrected chi connectivity index (χ3v) is 4.34. The van der Waals surface area contributed by atoms with Gasteiger partial charge in [-0.15, -0.1) is 0 Å². The fourth-order valence-corrected chi connectivity index (χ4v) is 3.64. The van der Waals surface area contributed by atoms with Crippen LogP contribution in [0.2, 0.25) is 0 Å². The van der Waals surface area contributed by atoms with E-state index in [1.165, 1.54) is 16.7 Å². The van der Waals surface area contributed by atoms with Crippen LogP contribution in [0.5, 0.6) is 0 Å². The molecule has 0 fully saturated rings. The van der Waals surface area contributed by atoms with Gasteiger partial charge in [-0.25, -0.2) is 0 Å². The molecule has 0 amide bonds. The smallest absolute Gasteiger partial charge is 0.0203 e. The van der Waals surface area contributed by atoms with Gasteiger partial charge in [0.15, 0.2) is 0 Å². The fraction of sp³-hybridized carbons (Fsp3) is 0.625. The normalized spacial score (nSPS) is 13.7. The molecular weight excluding hydrogens is 238 g/mol. The first-order chi connectivity index (χ1) is 8.32. The van der Waals surface area contributed by atoms with Crippen molar-refractivity contribution >= 4 is 11.8 Å². The van der Waals surface area contributed by atoms with E-state index >= 15 is 0 Å². The Hall–Kier alpha value is -0.470. The monoisotopic (exact) mass is 265 g/mol. The van der Waals surface area contributed by atoms with Gasteiger partial charge in [-0.05, 0) is 31.9 Å². The van der Waals surface area contributed by atoms with Crippen molar-refractivity contribution in [3.63, 3.8) is 0 Å². The highest BCUT2D eigenvalue weighted by Gasteiger charge is 2.22. The Morgan fingerprint density at radius 1 is 1.11 bits per heavy atom. The van der Waals surface area contributed by atoms with E-state index in [1.54, 1.807) is 0 Å². The predicted molar refractivity (Wildman–Crippen MR) is 84.4 cm³/mol. The molecule has 1 rings (SSSR count). The molecule has 1 nitrogen and oxygen atoms in total. The minimum Gasteiger partial charge on any atom is -0.316 e. The molecule has 2 heteroatoms. The van der Waals surface area contributed by atoms with Crippen LogP contribution in [0.3, 0.4) is 0 Å². The molecule has 1 aromatic rings. The summed E-state index contributed by atoms with van der Waals surface area (Å²) in [6.45, 7) is 11.2. The number of rotatable bonds is 5. The Labute approximate surface area is 117 Å². The quantitative estimate of drug-likeness (QED) is 0.857. The summed E-state index contributed by atoms with van der Waals surface area (Å²) in [5.41, 5.74) is 4.50. The highest BCUT2D eigenvalue weighted by atomic mass is 32.2. The van der Waals surface area contributed by atoms with E-state index in [0.717, 1.165) is 11.5 Å². The summed E-state index contributed by atoms with van der Waals surface area (Å²) in [6.07, 6.45) is 0. The molecule has 1 unspecified atom stereocenters. The first-order valence-electron chi connectivity index (χ1n) is 6.65. The minimum absolute atomic E-state index is 0.324. The molecule has 0 saturated carbocycles. The van der Waals surface area contributed by atoms with E-state index in [2.05, 4.69) is 65.2 Å². The van der Waals surface area contributed by atoms with Crippen molar-refractivity contribution in [1.29, 1.82) is 0 Å². The molecule has 18 heavy (non-hydrogen) atoms. The molecule has 0 aromatic heterocycles. The van der Waals surface area contributed by atoms with Crippen LogP contribution in [0.25, 0.3) is 0 Å². The zero-order valence-electron chi connectivity index (χ0n) is 12.6. The van der Waals surface area contributed by atoms with E-state index in [-0.39, 0.29) is 0 Å². The van der Waals surface area contributed by atoms with Crippen molar-refractivity contribution in [1.82, 2.24) is 5.32 Å². The van der Waals surface area contributed by atoms with Gasteiger partial charge in [0.1, 0.15) is 0 Å². The summed E-state index contributed by atoms with van der Waals surface area (Å²) in [5.74, 6) is 2.27. The van der Waals surface area contributed by atoms with Gasteiger partial charge in [0, 0.05) is 17.5 Å². The third kappa shape index (κ3) is 5.03. The first-order valence-corrected chi connectivity index (χ1v) is 7.80. The van der Waals surface area contributed by atoms with Gasteiger partial charge in [-0.1, -0.05) is 50.1 Å². The molecule has 0 saturated heterocycles. The molecule has 1 aromatic carbocycles. The SMILES string of the molecule is CNC(CSCc1cc(C)cc(C)c1)C(C)(C)C. The van der Waals surface area contributed by atoms with Gasteiger partial charge in [0.05, 0.1) is 0 Å². The maximum atomic E-state index is 3.43. The van der Waals surface area contributed by atoms with Crippen molar-refractivity contribution in [2.24, 2.45) is 5.41 Å². The van der Waals surface area contributed by atoms with Crippen molar-refractivity contribution in [3.05, 3.63) is 34.9 Å². The molecule has 102 valence electrons. The van der Waals surface area contributed by atoms with Crippen LogP contribution in [0.1, 0.15) is 37.5 Å². The van der Waals surface area contributed by atoms with Crippen molar-refractivity contribution in [2.75, 3.05) is 12.8 Å². The van der Waals surface area contributed by atoms with Crippen LogP contribution < -0.4 is 5.32 Å². The molecule has 1 N–H and O–H groups in total. The predicted octanol–water partition coefficient (Wildman–Crippen LogP) is 4.17. The van der Waals surface area contributed by atoms with Crippen LogP contribution in [0.15, 0.2) is 18.2 Å². The summed E-state index contributed by atoms with van der Waals surface area (Å²) >= 11 is 2.02. The number of nitrogens with one attached hydrogen (secondary N) is 1. The van der Waals surface area contributed by atoms with Crippen molar-refractivity contribution in [2.45, 2.75) is 46.4 Å². The standard InChI is InChI=1S/C16H27NS/c1-12-7-13(2)9-14(8-12)10-18-11-15(17-6)16(3,4)5/h7-9,15,17H,10-11H2,1-6H3. The first kappa shape index (κ1) is 15.6. The maximum absolute atomic E-state index is 3.43. The van der Waals surface area contributed by atoms with Gasteiger partial charge in [-0.3, -0.25) is 0 Å². The molecule has 1 atom stereocenters. The van der Waals surface area contributed by atoms with E-state index in [9.17, 15) is 0 Å². The molecule has 0 heterocycles. The molecule has 0 spiro atoms. The average Bonchev–Trinajstić information content (AvgIpc) is 2.21. The number of aryl methyl sites for hydroxylation is 2. The Bertz CT molecular complexity index is 359. The van der Waals surface area contributed by atoms with Gasteiger partial charge in [0.2, 0.25) is 0 Å². The Balaban J connectivity index is 2.50. The largest absolute Gasteiger partial charge is 0.316 e. The molecule has 0 aliphatic heterocycles. The van der Waals surface area contributed by atoms with Crippen molar-refractivity contribution in [3.8, 4) is 0 Å². The molecular formula is C16H27NS. The summed E-state index contributed by atoms with van der Waals surface area (Å²) in [5, 5.41) is 3.43. The number of hydrogen-bond acceptors (Lipinski definition) is 2. The molecule has 0 aliphatic carbocycles. The van der Waals surface area contributed by atoms with Crippen LogP contribution in [0, 0.1) is 19.3 Å². The fourth-order valence-electron chi connectivity index (χ4n) is 2.21. The topological polar surface area (TPSA) is 12.0 Å². The van der Waals surface area contributed by atoms with Gasteiger partial charge in [-0.2, -0.15) is 11.8 Å². The molecule has 0 aliphatic rings.